The van der Waals surface area contributed by atoms with E-state index in [0.29, 0.717) is 12.3 Å². The lowest BCUT2D eigenvalue weighted by Crippen LogP contribution is -2.51. The van der Waals surface area contributed by atoms with Gasteiger partial charge in [0, 0.05) is 18.6 Å². The van der Waals surface area contributed by atoms with Crippen molar-refractivity contribution < 1.29 is 9.13 Å². The van der Waals surface area contributed by atoms with Gasteiger partial charge in [-0.3, -0.25) is 4.90 Å². The van der Waals surface area contributed by atoms with E-state index in [1.54, 1.807) is 12.1 Å². The molecule has 0 saturated heterocycles. The molecule has 2 rings (SSSR count). The number of hydrogen-bond donors (Lipinski definition) is 1. The molecule has 0 aliphatic heterocycles. The summed E-state index contributed by atoms with van der Waals surface area (Å²) in [6, 6.07) is 5.20. The fourth-order valence-electron chi connectivity index (χ4n) is 3.33. The van der Waals surface area contributed by atoms with Crippen LogP contribution in [0.25, 0.3) is 0 Å². The van der Waals surface area contributed by atoms with Gasteiger partial charge in [0.2, 0.25) is 0 Å². The second-order valence-electron chi connectivity index (χ2n) is 5.62. The number of nitrogens with zero attached hydrogens (tertiary/aromatic N) is 1. The molecule has 4 heteroatoms. The first-order valence-electron chi connectivity index (χ1n) is 7.43. The minimum atomic E-state index is -0.297. The zero-order chi connectivity index (χ0) is 14.6. The van der Waals surface area contributed by atoms with E-state index >= 15 is 0 Å². The van der Waals surface area contributed by atoms with Crippen LogP contribution >= 0.6 is 0 Å². The van der Waals surface area contributed by atoms with Crippen molar-refractivity contribution in [2.75, 3.05) is 20.2 Å². The molecule has 1 aliphatic carbocycles. The summed E-state index contributed by atoms with van der Waals surface area (Å²) >= 11 is 0. The Bertz CT molecular complexity index is 444. The minimum absolute atomic E-state index is 0.102. The van der Waals surface area contributed by atoms with Crippen molar-refractivity contribution in [2.24, 2.45) is 5.73 Å². The largest absolute Gasteiger partial charge is 0.494 e. The summed E-state index contributed by atoms with van der Waals surface area (Å²) in [4.78, 5) is 2.40. The third-order valence-electron chi connectivity index (χ3n) is 4.56. The van der Waals surface area contributed by atoms with Crippen LogP contribution < -0.4 is 10.5 Å². The first kappa shape index (κ1) is 15.3. The molecule has 20 heavy (non-hydrogen) atoms. The van der Waals surface area contributed by atoms with Gasteiger partial charge in [-0.25, -0.2) is 4.39 Å². The van der Waals surface area contributed by atoms with E-state index in [4.69, 9.17) is 10.5 Å². The Morgan fingerprint density at radius 3 is 2.55 bits per heavy atom. The fraction of sp³-hybridized carbons (Fsp3) is 0.625. The molecule has 112 valence electrons. The molecule has 0 spiro atoms. The quantitative estimate of drug-likeness (QED) is 0.870. The molecular weight excluding hydrogens is 255 g/mol. The maximum absolute atomic E-state index is 13.8. The number of benzene rings is 1. The molecule has 0 bridgehead atoms. The standard InChI is InChI=1S/C16H25FN2O/c1-3-19(16(12-18)8-4-5-9-16)11-13-6-7-15(20-2)14(17)10-13/h6-7,10H,3-5,8-9,11-12,18H2,1-2H3. The number of ether oxygens (including phenoxy) is 1. The second-order valence-corrected chi connectivity index (χ2v) is 5.62. The van der Waals surface area contributed by atoms with Gasteiger partial charge in [-0.1, -0.05) is 25.8 Å². The molecule has 1 fully saturated rings. The third-order valence-corrected chi connectivity index (χ3v) is 4.56. The maximum Gasteiger partial charge on any atom is 0.165 e. The average Bonchev–Trinajstić information content (AvgIpc) is 2.95. The SMILES string of the molecule is CCN(Cc1ccc(OC)c(F)c1)C1(CN)CCCC1. The highest BCUT2D eigenvalue weighted by atomic mass is 19.1. The van der Waals surface area contributed by atoms with Gasteiger partial charge in [0.1, 0.15) is 0 Å². The molecule has 0 heterocycles. The number of rotatable bonds is 6. The van der Waals surface area contributed by atoms with Crippen LogP contribution in [-0.4, -0.2) is 30.6 Å². The van der Waals surface area contributed by atoms with E-state index in [-0.39, 0.29) is 11.4 Å². The van der Waals surface area contributed by atoms with E-state index < -0.39 is 0 Å². The zero-order valence-corrected chi connectivity index (χ0v) is 12.5. The Labute approximate surface area is 120 Å². The number of halogens is 1. The normalized spacial score (nSPS) is 17.6. The Morgan fingerprint density at radius 2 is 2.05 bits per heavy atom. The van der Waals surface area contributed by atoms with Crippen LogP contribution in [0.5, 0.6) is 5.75 Å². The van der Waals surface area contributed by atoms with E-state index in [2.05, 4.69) is 11.8 Å². The number of likely N-dealkylation sites (N-methyl/N-ethyl adjacent to an activating group) is 1. The lowest BCUT2D eigenvalue weighted by Gasteiger charge is -2.40. The van der Waals surface area contributed by atoms with E-state index in [1.165, 1.54) is 20.0 Å². The van der Waals surface area contributed by atoms with Crippen molar-refractivity contribution in [3.63, 3.8) is 0 Å². The molecule has 0 unspecified atom stereocenters. The van der Waals surface area contributed by atoms with Crippen LogP contribution in [0.2, 0.25) is 0 Å². The van der Waals surface area contributed by atoms with E-state index in [1.807, 2.05) is 6.07 Å². The van der Waals surface area contributed by atoms with Crippen LogP contribution in [0.3, 0.4) is 0 Å². The minimum Gasteiger partial charge on any atom is -0.494 e. The summed E-state index contributed by atoms with van der Waals surface area (Å²) in [7, 11) is 1.48. The number of nitrogens with two attached hydrogens (primary N) is 1. The van der Waals surface area contributed by atoms with Gasteiger partial charge in [-0.2, -0.15) is 0 Å². The summed E-state index contributed by atoms with van der Waals surface area (Å²) in [5.74, 6) is 0.000441. The molecule has 2 N–H and O–H groups in total. The average molecular weight is 280 g/mol. The van der Waals surface area contributed by atoms with E-state index in [9.17, 15) is 4.39 Å². The number of methoxy groups -OCH3 is 1. The molecule has 0 atom stereocenters. The molecule has 1 aromatic rings. The smallest absolute Gasteiger partial charge is 0.165 e. The highest BCUT2D eigenvalue weighted by Gasteiger charge is 2.37. The topological polar surface area (TPSA) is 38.5 Å². The Hall–Kier alpha value is -1.13. The van der Waals surface area contributed by atoms with Crippen LogP contribution in [0.4, 0.5) is 4.39 Å². The van der Waals surface area contributed by atoms with Crippen molar-refractivity contribution >= 4 is 0 Å². The summed E-state index contributed by atoms with van der Waals surface area (Å²) < 4.78 is 18.8. The fourth-order valence-corrected chi connectivity index (χ4v) is 3.33. The van der Waals surface area contributed by atoms with Gasteiger partial charge in [0.25, 0.3) is 0 Å². The zero-order valence-electron chi connectivity index (χ0n) is 12.5. The lowest BCUT2D eigenvalue weighted by molar-refractivity contribution is 0.0969. The van der Waals surface area contributed by atoms with Gasteiger partial charge in [0.05, 0.1) is 7.11 Å². The summed E-state index contributed by atoms with van der Waals surface area (Å²) in [5.41, 5.74) is 7.12. The molecule has 1 aromatic carbocycles. The molecule has 1 aliphatic rings. The van der Waals surface area contributed by atoms with Gasteiger partial charge in [-0.15, -0.1) is 0 Å². The summed E-state index contributed by atoms with van der Waals surface area (Å²) in [6.45, 7) is 4.51. The van der Waals surface area contributed by atoms with Gasteiger partial charge in [-0.05, 0) is 37.1 Å². The predicted molar refractivity (Wildman–Crippen MR) is 79.3 cm³/mol. The second kappa shape index (κ2) is 6.55. The van der Waals surface area contributed by atoms with Crippen molar-refractivity contribution in [3.05, 3.63) is 29.6 Å². The molecular formula is C16H25FN2O. The van der Waals surface area contributed by atoms with Gasteiger partial charge >= 0.3 is 0 Å². The Balaban J connectivity index is 2.15. The van der Waals surface area contributed by atoms with Gasteiger partial charge in [0.15, 0.2) is 11.6 Å². The van der Waals surface area contributed by atoms with Crippen molar-refractivity contribution in [1.82, 2.24) is 4.90 Å². The molecule has 0 amide bonds. The summed E-state index contributed by atoms with van der Waals surface area (Å²) in [5, 5.41) is 0. The Morgan fingerprint density at radius 1 is 1.35 bits per heavy atom. The molecule has 0 aromatic heterocycles. The Kier molecular flexibility index (Phi) is 5.00. The molecule has 0 radical (unpaired) electrons. The molecule has 3 nitrogen and oxygen atoms in total. The highest BCUT2D eigenvalue weighted by molar-refractivity contribution is 5.29. The lowest BCUT2D eigenvalue weighted by atomic mass is 9.94. The van der Waals surface area contributed by atoms with Gasteiger partial charge < -0.3 is 10.5 Å². The first-order chi connectivity index (χ1) is 9.65. The van der Waals surface area contributed by atoms with Crippen LogP contribution in [-0.2, 0) is 6.54 Å². The monoisotopic (exact) mass is 280 g/mol. The van der Waals surface area contributed by atoms with E-state index in [0.717, 1.165) is 31.5 Å². The maximum atomic E-state index is 13.8. The summed E-state index contributed by atoms with van der Waals surface area (Å²) in [6.07, 6.45) is 4.78. The van der Waals surface area contributed by atoms with Crippen molar-refractivity contribution in [2.45, 2.75) is 44.7 Å². The van der Waals surface area contributed by atoms with Crippen LogP contribution in [0.15, 0.2) is 18.2 Å². The van der Waals surface area contributed by atoms with Crippen LogP contribution in [0, 0.1) is 5.82 Å². The van der Waals surface area contributed by atoms with Crippen LogP contribution in [0.1, 0.15) is 38.2 Å². The number of hydrogen-bond acceptors (Lipinski definition) is 3. The molecule has 1 saturated carbocycles. The van der Waals surface area contributed by atoms with Crippen molar-refractivity contribution in [1.29, 1.82) is 0 Å². The third kappa shape index (κ3) is 2.96. The highest BCUT2D eigenvalue weighted by Crippen LogP contribution is 2.35. The predicted octanol–water partition coefficient (Wildman–Crippen LogP) is 2.93. The first-order valence-corrected chi connectivity index (χ1v) is 7.43. The van der Waals surface area contributed by atoms with Crippen molar-refractivity contribution in [3.8, 4) is 5.75 Å².